The number of likely N-dealkylation sites (tertiary alicyclic amines) is 1. The number of hydrogen-bond acceptors (Lipinski definition) is 5. The summed E-state index contributed by atoms with van der Waals surface area (Å²) in [6.45, 7) is 8.11. The quantitative estimate of drug-likeness (QED) is 0.696. The third-order valence-electron chi connectivity index (χ3n) is 5.27. The van der Waals surface area contributed by atoms with Gasteiger partial charge in [-0.2, -0.15) is 0 Å². The lowest BCUT2D eigenvalue weighted by molar-refractivity contribution is -0.138. The molecule has 2 rings (SSSR count). The zero-order valence-electron chi connectivity index (χ0n) is 17.8. The first-order chi connectivity index (χ1) is 12.9. The fraction of sp³-hybridized carbons (Fsp3) is 0.895. The van der Waals surface area contributed by atoms with Crippen LogP contribution in [0.1, 0.15) is 46.5 Å². The molecule has 0 N–H and O–H groups in total. The van der Waals surface area contributed by atoms with E-state index in [4.69, 9.17) is 4.74 Å². The van der Waals surface area contributed by atoms with Crippen molar-refractivity contribution in [2.45, 2.75) is 52.1 Å². The summed E-state index contributed by atoms with van der Waals surface area (Å²) in [7, 11) is -1.55. The number of ether oxygens (including phenoxy) is 1. The van der Waals surface area contributed by atoms with E-state index >= 15 is 0 Å². The van der Waals surface area contributed by atoms with E-state index in [1.54, 1.807) is 11.9 Å². The van der Waals surface area contributed by atoms with Gasteiger partial charge in [0.25, 0.3) is 0 Å². The van der Waals surface area contributed by atoms with E-state index in [2.05, 4.69) is 0 Å². The molecule has 2 unspecified atom stereocenters. The molecule has 0 aliphatic carbocycles. The predicted molar refractivity (Wildman–Crippen MR) is 107 cm³/mol. The minimum atomic E-state index is -3.27. The number of nitrogens with zero attached hydrogens (tertiary/aromatic N) is 3. The van der Waals surface area contributed by atoms with Gasteiger partial charge >= 0.3 is 6.09 Å². The van der Waals surface area contributed by atoms with Crippen molar-refractivity contribution in [1.29, 1.82) is 0 Å². The van der Waals surface area contributed by atoms with Crippen molar-refractivity contribution in [2.24, 2.45) is 11.8 Å². The van der Waals surface area contributed by atoms with E-state index in [1.807, 2.05) is 25.7 Å². The van der Waals surface area contributed by atoms with E-state index in [9.17, 15) is 18.0 Å². The Balaban J connectivity index is 1.91. The molecule has 0 saturated carbocycles. The lowest BCUT2D eigenvalue weighted by Gasteiger charge is -2.38. The number of rotatable bonds is 4. The molecule has 28 heavy (non-hydrogen) atoms. The highest BCUT2D eigenvalue weighted by atomic mass is 32.2. The first kappa shape index (κ1) is 22.9. The summed E-state index contributed by atoms with van der Waals surface area (Å²) in [5.74, 6) is -0.0337. The van der Waals surface area contributed by atoms with E-state index in [0.29, 0.717) is 32.6 Å². The van der Waals surface area contributed by atoms with Gasteiger partial charge in [-0.15, -0.1) is 0 Å². The number of piperidine rings is 2. The van der Waals surface area contributed by atoms with Crippen molar-refractivity contribution in [2.75, 3.05) is 46.0 Å². The molecule has 0 spiro atoms. The second-order valence-corrected chi connectivity index (χ2v) is 11.1. The van der Waals surface area contributed by atoms with Gasteiger partial charge in [0.2, 0.25) is 15.9 Å². The SMILES string of the molecule is CN(CC1CCCN(C(=O)C2CCCN(S(C)(=O)=O)C2)C1)C(=O)OC(C)(C)C. The van der Waals surface area contributed by atoms with Crippen molar-refractivity contribution in [3.63, 3.8) is 0 Å². The number of sulfonamides is 1. The van der Waals surface area contributed by atoms with Crippen LogP contribution in [0.2, 0.25) is 0 Å². The summed E-state index contributed by atoms with van der Waals surface area (Å²) in [6, 6.07) is 0. The smallest absolute Gasteiger partial charge is 0.410 e. The lowest BCUT2D eigenvalue weighted by Crippen LogP contribution is -2.50. The second kappa shape index (κ2) is 8.98. The number of carbonyl (C=O) groups excluding carboxylic acids is 2. The van der Waals surface area contributed by atoms with E-state index in [0.717, 1.165) is 19.3 Å². The second-order valence-electron chi connectivity index (χ2n) is 9.11. The zero-order valence-corrected chi connectivity index (χ0v) is 18.6. The first-order valence-corrected chi connectivity index (χ1v) is 11.9. The predicted octanol–water partition coefficient (Wildman–Crippen LogP) is 1.76. The molecule has 0 aromatic rings. The van der Waals surface area contributed by atoms with Crippen LogP contribution in [-0.4, -0.2) is 86.2 Å². The van der Waals surface area contributed by atoms with Crippen LogP contribution in [0, 0.1) is 11.8 Å². The van der Waals surface area contributed by atoms with Gasteiger partial charge in [0.15, 0.2) is 0 Å². The van der Waals surface area contributed by atoms with E-state index in [-0.39, 0.29) is 30.4 Å². The largest absolute Gasteiger partial charge is 0.444 e. The van der Waals surface area contributed by atoms with Crippen molar-refractivity contribution >= 4 is 22.0 Å². The molecule has 0 bridgehead atoms. The topological polar surface area (TPSA) is 87.2 Å². The monoisotopic (exact) mass is 417 g/mol. The summed E-state index contributed by atoms with van der Waals surface area (Å²) >= 11 is 0. The summed E-state index contributed by atoms with van der Waals surface area (Å²) in [4.78, 5) is 28.6. The Kier molecular flexibility index (Phi) is 7.36. The third-order valence-corrected chi connectivity index (χ3v) is 6.54. The molecule has 2 fully saturated rings. The van der Waals surface area contributed by atoms with Crippen LogP contribution in [0.4, 0.5) is 4.79 Å². The van der Waals surface area contributed by atoms with Crippen molar-refractivity contribution in [3.05, 3.63) is 0 Å². The standard InChI is InChI=1S/C19H35N3O5S/c1-19(2,3)27-18(24)20(4)12-15-8-6-10-21(13-15)17(23)16-9-7-11-22(14-16)28(5,25)26/h15-16H,6-14H2,1-5H3. The van der Waals surface area contributed by atoms with Gasteiger partial charge in [0.05, 0.1) is 12.2 Å². The molecule has 2 aliphatic rings. The summed E-state index contributed by atoms with van der Waals surface area (Å²) in [5, 5.41) is 0. The first-order valence-electron chi connectivity index (χ1n) is 10.0. The molecule has 0 aromatic heterocycles. The molecule has 2 heterocycles. The molecule has 8 nitrogen and oxygen atoms in total. The van der Waals surface area contributed by atoms with Gasteiger partial charge in [-0.3, -0.25) is 4.79 Å². The van der Waals surface area contributed by atoms with Crippen LogP contribution in [0.3, 0.4) is 0 Å². The number of amides is 2. The Bertz CT molecular complexity index is 674. The molecular weight excluding hydrogens is 382 g/mol. The van der Waals surface area contributed by atoms with Gasteiger partial charge in [-0.05, 0) is 52.4 Å². The fourth-order valence-corrected chi connectivity index (χ4v) is 4.83. The highest BCUT2D eigenvalue weighted by Crippen LogP contribution is 2.25. The highest BCUT2D eigenvalue weighted by molar-refractivity contribution is 7.88. The molecule has 2 atom stereocenters. The van der Waals surface area contributed by atoms with E-state index in [1.165, 1.54) is 10.6 Å². The van der Waals surface area contributed by atoms with Crippen molar-refractivity contribution in [3.8, 4) is 0 Å². The minimum Gasteiger partial charge on any atom is -0.444 e. The molecule has 2 saturated heterocycles. The Hall–Kier alpha value is -1.35. The average Bonchev–Trinajstić information content (AvgIpc) is 2.59. The Morgan fingerprint density at radius 3 is 2.36 bits per heavy atom. The maximum Gasteiger partial charge on any atom is 0.410 e. The highest BCUT2D eigenvalue weighted by Gasteiger charge is 2.35. The Morgan fingerprint density at radius 1 is 1.11 bits per heavy atom. The van der Waals surface area contributed by atoms with Crippen LogP contribution in [0.25, 0.3) is 0 Å². The maximum absolute atomic E-state index is 13.0. The number of hydrogen-bond donors (Lipinski definition) is 0. The number of carbonyl (C=O) groups is 2. The molecule has 0 aromatic carbocycles. The summed E-state index contributed by atoms with van der Waals surface area (Å²) in [5.41, 5.74) is -0.535. The lowest BCUT2D eigenvalue weighted by atomic mass is 9.93. The van der Waals surface area contributed by atoms with Crippen molar-refractivity contribution in [1.82, 2.24) is 14.1 Å². The van der Waals surface area contributed by atoms with Crippen LogP contribution in [0.5, 0.6) is 0 Å². The third kappa shape index (κ3) is 6.62. The Labute approximate surface area is 169 Å². The van der Waals surface area contributed by atoms with Gasteiger partial charge in [-0.1, -0.05) is 0 Å². The van der Waals surface area contributed by atoms with Crippen molar-refractivity contribution < 1.29 is 22.7 Å². The zero-order chi connectivity index (χ0) is 21.1. The van der Waals surface area contributed by atoms with Crippen LogP contribution < -0.4 is 0 Å². The normalized spacial score (nSPS) is 24.7. The van der Waals surface area contributed by atoms with E-state index < -0.39 is 15.6 Å². The maximum atomic E-state index is 13.0. The molecular formula is C19H35N3O5S. The van der Waals surface area contributed by atoms with Gasteiger partial charge in [0.1, 0.15) is 5.60 Å². The van der Waals surface area contributed by atoms with Gasteiger partial charge < -0.3 is 14.5 Å². The molecule has 9 heteroatoms. The summed E-state index contributed by atoms with van der Waals surface area (Å²) in [6.07, 6.45) is 4.12. The molecule has 2 amide bonds. The average molecular weight is 418 g/mol. The molecule has 0 radical (unpaired) electrons. The fourth-order valence-electron chi connectivity index (χ4n) is 3.92. The minimum absolute atomic E-state index is 0.0398. The molecule has 162 valence electrons. The molecule has 2 aliphatic heterocycles. The van der Waals surface area contributed by atoms with Crippen LogP contribution in [-0.2, 0) is 19.6 Å². The Morgan fingerprint density at radius 2 is 1.75 bits per heavy atom. The van der Waals surface area contributed by atoms with Crippen LogP contribution in [0.15, 0.2) is 0 Å². The van der Waals surface area contributed by atoms with Gasteiger partial charge in [-0.25, -0.2) is 17.5 Å². The summed E-state index contributed by atoms with van der Waals surface area (Å²) < 4.78 is 30.4. The van der Waals surface area contributed by atoms with Gasteiger partial charge in [0, 0.05) is 39.8 Å². The van der Waals surface area contributed by atoms with Crippen LogP contribution >= 0.6 is 0 Å².